The van der Waals surface area contributed by atoms with Gasteiger partial charge in [-0.1, -0.05) is 289 Å². The predicted octanol–water partition coefficient (Wildman–Crippen LogP) is 19.8. The molecule has 4 heteroatoms. The molecule has 0 rings (SSSR count). The lowest BCUT2D eigenvalue weighted by molar-refractivity contribution is -0.123. The lowest BCUT2D eigenvalue weighted by Gasteiger charge is -2.20. The Morgan fingerprint density at radius 2 is 0.629 bits per heavy atom. The van der Waals surface area contributed by atoms with Crippen LogP contribution in [0.1, 0.15) is 258 Å². The van der Waals surface area contributed by atoms with Gasteiger partial charge in [-0.15, -0.1) is 0 Å². The van der Waals surface area contributed by atoms with Gasteiger partial charge in [-0.05, 0) is 96.3 Å². The summed E-state index contributed by atoms with van der Waals surface area (Å²) >= 11 is 0. The Bertz CT molecular complexity index is 1420. The maximum absolute atomic E-state index is 12.5. The van der Waals surface area contributed by atoms with Crippen molar-refractivity contribution in [1.29, 1.82) is 0 Å². The van der Waals surface area contributed by atoms with E-state index < -0.39 is 12.1 Å². The van der Waals surface area contributed by atoms with Crippen LogP contribution >= 0.6 is 0 Å². The molecular formula is C66H111NO3. The number of amides is 1. The van der Waals surface area contributed by atoms with Crippen molar-refractivity contribution in [3.63, 3.8) is 0 Å². The highest BCUT2D eigenvalue weighted by molar-refractivity contribution is 5.76. The summed E-state index contributed by atoms with van der Waals surface area (Å²) in [6.07, 6.45) is 93.2. The monoisotopic (exact) mass is 966 g/mol. The summed E-state index contributed by atoms with van der Waals surface area (Å²) in [6.45, 7) is 4.20. The molecule has 2 atom stereocenters. The van der Waals surface area contributed by atoms with Crippen molar-refractivity contribution in [2.75, 3.05) is 6.61 Å². The third kappa shape index (κ3) is 55.5. The molecule has 398 valence electrons. The van der Waals surface area contributed by atoms with Crippen molar-refractivity contribution in [1.82, 2.24) is 5.32 Å². The standard InChI is InChI=1S/C66H111NO3/c1-3-5-7-9-11-13-15-17-19-21-23-25-26-27-28-29-30-31-32-33-34-35-36-37-38-39-40-42-44-46-48-50-52-54-56-58-60-62-66(70)67-64(63-68)65(69)61-59-57-55-53-51-49-47-45-43-41-24-22-20-18-16-14-12-10-8-6-4-2/h5,7,11,13,17,19,23,25,27-28,30-31,33-34,36-37,39-40,44,46,59,61,64-65,68-69H,3-4,6,8-10,12,14-16,18,20-22,24,26,29,32,35,38,41-43,45,47-58,60,62-63H2,1-2H3,(H,67,70)/b7-5-,13-11-,19-17-,25-23-,28-27-,31-30-,34-33-,37-36-,40-39-,46-44-,61-59+. The van der Waals surface area contributed by atoms with Crippen molar-refractivity contribution < 1.29 is 15.0 Å². The van der Waals surface area contributed by atoms with Crippen LogP contribution in [0.5, 0.6) is 0 Å². The van der Waals surface area contributed by atoms with Crippen LogP contribution in [-0.2, 0) is 4.79 Å². The molecule has 3 N–H and O–H groups in total. The first-order chi connectivity index (χ1) is 34.7. The van der Waals surface area contributed by atoms with E-state index in [2.05, 4.69) is 141 Å². The highest BCUT2D eigenvalue weighted by Crippen LogP contribution is 2.16. The molecule has 0 aromatic heterocycles. The fraction of sp³-hybridized carbons (Fsp3) is 0.652. The van der Waals surface area contributed by atoms with Gasteiger partial charge in [0.25, 0.3) is 0 Å². The summed E-state index contributed by atoms with van der Waals surface area (Å²) in [6, 6.07) is -0.641. The molecule has 0 saturated carbocycles. The van der Waals surface area contributed by atoms with Crippen molar-refractivity contribution in [3.8, 4) is 0 Å². The lowest BCUT2D eigenvalue weighted by Crippen LogP contribution is -2.45. The third-order valence-electron chi connectivity index (χ3n) is 12.6. The molecular weight excluding hydrogens is 855 g/mol. The van der Waals surface area contributed by atoms with E-state index in [1.54, 1.807) is 6.08 Å². The summed E-state index contributed by atoms with van der Waals surface area (Å²) in [4.78, 5) is 12.5. The van der Waals surface area contributed by atoms with Crippen molar-refractivity contribution in [2.45, 2.75) is 270 Å². The van der Waals surface area contributed by atoms with E-state index in [1.165, 1.54) is 135 Å². The summed E-state index contributed by atoms with van der Waals surface area (Å²) in [5.74, 6) is -0.0823. The Morgan fingerprint density at radius 3 is 0.943 bits per heavy atom. The van der Waals surface area contributed by atoms with Gasteiger partial charge in [-0.2, -0.15) is 0 Å². The number of carbonyl (C=O) groups is 1. The Kier molecular flexibility index (Phi) is 56.9. The summed E-state index contributed by atoms with van der Waals surface area (Å²) in [5.41, 5.74) is 0. The van der Waals surface area contributed by atoms with Gasteiger partial charge in [0.15, 0.2) is 0 Å². The third-order valence-corrected chi connectivity index (χ3v) is 12.6. The van der Waals surface area contributed by atoms with Gasteiger partial charge in [0, 0.05) is 6.42 Å². The summed E-state index contributed by atoms with van der Waals surface area (Å²) in [5, 5.41) is 23.2. The highest BCUT2D eigenvalue weighted by atomic mass is 16.3. The van der Waals surface area contributed by atoms with E-state index in [1.807, 2.05) is 6.08 Å². The number of hydrogen-bond acceptors (Lipinski definition) is 3. The maximum atomic E-state index is 12.5. The van der Waals surface area contributed by atoms with Gasteiger partial charge < -0.3 is 15.5 Å². The molecule has 0 aromatic carbocycles. The molecule has 0 bridgehead atoms. The molecule has 0 heterocycles. The van der Waals surface area contributed by atoms with Crippen LogP contribution in [0, 0.1) is 0 Å². The van der Waals surface area contributed by atoms with Crippen LogP contribution in [0.3, 0.4) is 0 Å². The fourth-order valence-electron chi connectivity index (χ4n) is 8.21. The minimum atomic E-state index is -0.856. The zero-order valence-corrected chi connectivity index (χ0v) is 45.7. The number of aliphatic hydroxyl groups excluding tert-OH is 2. The molecule has 0 aromatic rings. The van der Waals surface area contributed by atoms with E-state index in [-0.39, 0.29) is 12.5 Å². The van der Waals surface area contributed by atoms with E-state index in [0.717, 1.165) is 103 Å². The molecule has 1 amide bonds. The number of unbranched alkanes of at least 4 members (excludes halogenated alkanes) is 25. The van der Waals surface area contributed by atoms with Crippen LogP contribution in [0.2, 0.25) is 0 Å². The number of aliphatic hydroxyl groups is 2. The topological polar surface area (TPSA) is 69.6 Å². The molecule has 70 heavy (non-hydrogen) atoms. The molecule has 0 saturated heterocycles. The Labute approximate surface area is 434 Å². The maximum Gasteiger partial charge on any atom is 0.220 e. The smallest absolute Gasteiger partial charge is 0.220 e. The molecule has 4 nitrogen and oxygen atoms in total. The van der Waals surface area contributed by atoms with E-state index in [9.17, 15) is 15.0 Å². The molecule has 0 aliphatic rings. The van der Waals surface area contributed by atoms with Gasteiger partial charge in [-0.25, -0.2) is 0 Å². The second-order valence-corrected chi connectivity index (χ2v) is 19.3. The number of nitrogens with one attached hydrogen (secondary N) is 1. The first-order valence-electron chi connectivity index (χ1n) is 29.4. The van der Waals surface area contributed by atoms with Gasteiger partial charge in [0.1, 0.15) is 0 Å². The first-order valence-corrected chi connectivity index (χ1v) is 29.4. The van der Waals surface area contributed by atoms with Crippen LogP contribution < -0.4 is 5.32 Å². The first kappa shape index (κ1) is 66.5. The largest absolute Gasteiger partial charge is 0.394 e. The van der Waals surface area contributed by atoms with E-state index in [4.69, 9.17) is 0 Å². The Hall–Kier alpha value is -3.47. The lowest BCUT2D eigenvalue weighted by atomic mass is 10.0. The molecule has 0 fully saturated rings. The van der Waals surface area contributed by atoms with E-state index in [0.29, 0.717) is 6.42 Å². The van der Waals surface area contributed by atoms with Gasteiger partial charge >= 0.3 is 0 Å². The highest BCUT2D eigenvalue weighted by Gasteiger charge is 2.18. The number of hydrogen-bond donors (Lipinski definition) is 3. The molecule has 2 unspecified atom stereocenters. The van der Waals surface area contributed by atoms with Gasteiger partial charge in [-0.3, -0.25) is 4.79 Å². The second kappa shape index (κ2) is 59.8. The van der Waals surface area contributed by atoms with Crippen molar-refractivity contribution in [2.24, 2.45) is 0 Å². The average molecular weight is 967 g/mol. The number of rotatable bonds is 52. The van der Waals surface area contributed by atoms with Gasteiger partial charge in [0.2, 0.25) is 5.91 Å². The Morgan fingerprint density at radius 1 is 0.357 bits per heavy atom. The fourth-order valence-corrected chi connectivity index (χ4v) is 8.21. The molecule has 0 radical (unpaired) electrons. The zero-order valence-electron chi connectivity index (χ0n) is 45.7. The number of carbonyl (C=O) groups excluding carboxylic acids is 1. The molecule has 0 aliphatic heterocycles. The van der Waals surface area contributed by atoms with Crippen molar-refractivity contribution >= 4 is 5.91 Å². The average Bonchev–Trinajstić information content (AvgIpc) is 3.36. The second-order valence-electron chi connectivity index (χ2n) is 19.3. The summed E-state index contributed by atoms with van der Waals surface area (Å²) < 4.78 is 0. The van der Waals surface area contributed by atoms with Crippen molar-refractivity contribution in [3.05, 3.63) is 134 Å². The SMILES string of the molecule is CC/C=C\C/C=C\C/C=C\C/C=C\C/C=C\C/C=C\C/C=C\C/C=C\C/C=C\C/C=C\CCCCCCCCC(=O)NC(CO)C(O)/C=C/CCCCCCCCCCCCCCCCCCCCC. The summed E-state index contributed by atoms with van der Waals surface area (Å²) in [7, 11) is 0. The van der Waals surface area contributed by atoms with Crippen LogP contribution in [0.4, 0.5) is 0 Å². The molecule has 0 aliphatic carbocycles. The minimum absolute atomic E-state index is 0.0823. The van der Waals surface area contributed by atoms with E-state index >= 15 is 0 Å². The van der Waals surface area contributed by atoms with Crippen LogP contribution in [0.15, 0.2) is 134 Å². The van der Waals surface area contributed by atoms with Gasteiger partial charge in [0.05, 0.1) is 18.8 Å². The quantitative estimate of drug-likeness (QED) is 0.0420. The molecule has 0 spiro atoms. The normalized spacial score (nSPS) is 13.8. The number of allylic oxidation sites excluding steroid dienone is 21. The van der Waals surface area contributed by atoms with Crippen LogP contribution in [-0.4, -0.2) is 34.9 Å². The Balaban J connectivity index is 3.65. The van der Waals surface area contributed by atoms with Crippen LogP contribution in [0.25, 0.3) is 0 Å². The predicted molar refractivity (Wildman–Crippen MR) is 312 cm³/mol. The zero-order chi connectivity index (χ0) is 50.6. The minimum Gasteiger partial charge on any atom is -0.394 e.